The van der Waals surface area contributed by atoms with Gasteiger partial charge in [-0.15, -0.1) is 0 Å². The maximum absolute atomic E-state index is 13.2. The highest BCUT2D eigenvalue weighted by Crippen LogP contribution is 2.29. The van der Waals surface area contributed by atoms with Gasteiger partial charge in [0.15, 0.2) is 0 Å². The van der Waals surface area contributed by atoms with Crippen LogP contribution in [0.4, 0.5) is 5.82 Å². The van der Waals surface area contributed by atoms with Crippen LogP contribution in [0.1, 0.15) is 27.2 Å². The molecule has 0 aliphatic heterocycles. The van der Waals surface area contributed by atoms with Gasteiger partial charge < -0.3 is 14.6 Å². The fourth-order valence-corrected chi connectivity index (χ4v) is 3.78. The van der Waals surface area contributed by atoms with Crippen LogP contribution < -0.4 is 10.1 Å². The Bertz CT molecular complexity index is 1330. The van der Waals surface area contributed by atoms with E-state index in [1.54, 1.807) is 0 Å². The van der Waals surface area contributed by atoms with Crippen LogP contribution in [0, 0.1) is 13.8 Å². The minimum Gasteiger partial charge on any atom is -0.467 e. The van der Waals surface area contributed by atoms with Crippen LogP contribution in [-0.4, -0.2) is 33.3 Å². The molecule has 0 bridgehead atoms. The Morgan fingerprint density at radius 1 is 1.09 bits per heavy atom. The van der Waals surface area contributed by atoms with Gasteiger partial charge in [-0.05, 0) is 49.7 Å². The van der Waals surface area contributed by atoms with Crippen LogP contribution in [-0.2, 0) is 11.3 Å². The standard InChI is InChI=1S/C24H21ClN4O3/c1-14-4-9-19-18(12-14)21(15(2)29(19)13-16-5-7-17(25)8-6-16)22(30)23(31)27-20-10-11-26-24(28-20)32-3/h4-12H,13H2,1-3H3,(H,26,27,28,31). The van der Waals surface area contributed by atoms with E-state index in [4.69, 9.17) is 16.3 Å². The predicted molar refractivity (Wildman–Crippen MR) is 124 cm³/mol. The molecular formula is C24H21ClN4O3. The van der Waals surface area contributed by atoms with Crippen LogP contribution in [0.2, 0.25) is 5.02 Å². The summed E-state index contributed by atoms with van der Waals surface area (Å²) in [5, 5.41) is 3.94. The van der Waals surface area contributed by atoms with Crippen LogP contribution >= 0.6 is 11.6 Å². The Labute approximate surface area is 190 Å². The maximum Gasteiger partial charge on any atom is 0.318 e. The number of amides is 1. The smallest absolute Gasteiger partial charge is 0.318 e. The Morgan fingerprint density at radius 3 is 2.56 bits per heavy atom. The molecule has 1 N–H and O–H groups in total. The summed E-state index contributed by atoms with van der Waals surface area (Å²) in [6, 6.07) is 15.0. The van der Waals surface area contributed by atoms with Crippen molar-refractivity contribution in [3.05, 3.63) is 82.1 Å². The van der Waals surface area contributed by atoms with Gasteiger partial charge >= 0.3 is 6.01 Å². The van der Waals surface area contributed by atoms with Crippen molar-refractivity contribution in [2.24, 2.45) is 0 Å². The van der Waals surface area contributed by atoms with E-state index in [1.807, 2.05) is 60.9 Å². The number of anilines is 1. The molecule has 2 aromatic carbocycles. The number of methoxy groups -OCH3 is 1. The molecule has 0 spiro atoms. The summed E-state index contributed by atoms with van der Waals surface area (Å²) in [6.07, 6.45) is 1.44. The van der Waals surface area contributed by atoms with Crippen LogP contribution in [0.15, 0.2) is 54.7 Å². The van der Waals surface area contributed by atoms with E-state index >= 15 is 0 Å². The molecule has 0 saturated carbocycles. The number of benzene rings is 2. The Morgan fingerprint density at radius 2 is 1.84 bits per heavy atom. The number of rotatable bonds is 6. The molecule has 8 heteroatoms. The van der Waals surface area contributed by atoms with Gasteiger partial charge in [0.1, 0.15) is 5.82 Å². The quantitative estimate of drug-likeness (QED) is 0.344. The highest BCUT2D eigenvalue weighted by molar-refractivity contribution is 6.48. The van der Waals surface area contributed by atoms with Crippen molar-refractivity contribution in [1.82, 2.24) is 14.5 Å². The number of nitrogens with one attached hydrogen (secondary N) is 1. The largest absolute Gasteiger partial charge is 0.467 e. The minimum absolute atomic E-state index is 0.0987. The molecule has 0 atom stereocenters. The molecule has 7 nitrogen and oxygen atoms in total. The number of hydrogen-bond acceptors (Lipinski definition) is 5. The van der Waals surface area contributed by atoms with Gasteiger partial charge in [-0.25, -0.2) is 4.98 Å². The van der Waals surface area contributed by atoms with Crippen molar-refractivity contribution in [2.45, 2.75) is 20.4 Å². The molecule has 2 heterocycles. The van der Waals surface area contributed by atoms with Crippen molar-refractivity contribution in [3.8, 4) is 6.01 Å². The summed E-state index contributed by atoms with van der Waals surface area (Å²) in [7, 11) is 1.42. The zero-order valence-electron chi connectivity index (χ0n) is 17.8. The average molecular weight is 449 g/mol. The number of ether oxygens (including phenoxy) is 1. The molecule has 0 aliphatic rings. The minimum atomic E-state index is -0.777. The lowest BCUT2D eigenvalue weighted by molar-refractivity contribution is -0.112. The third-order valence-corrected chi connectivity index (χ3v) is 5.48. The number of carbonyl (C=O) groups excluding carboxylic acids is 2. The Kier molecular flexibility index (Phi) is 5.92. The first-order valence-corrected chi connectivity index (χ1v) is 10.3. The van der Waals surface area contributed by atoms with Gasteiger partial charge in [0.2, 0.25) is 0 Å². The van der Waals surface area contributed by atoms with Gasteiger partial charge in [-0.2, -0.15) is 4.98 Å². The van der Waals surface area contributed by atoms with Crippen molar-refractivity contribution >= 4 is 40.0 Å². The van der Waals surface area contributed by atoms with Crippen molar-refractivity contribution in [2.75, 3.05) is 12.4 Å². The van der Waals surface area contributed by atoms with E-state index in [-0.39, 0.29) is 11.8 Å². The summed E-state index contributed by atoms with van der Waals surface area (Å²) >= 11 is 6.01. The number of ketones is 1. The van der Waals surface area contributed by atoms with Gasteiger partial charge in [0.05, 0.1) is 12.7 Å². The fraction of sp³-hybridized carbons (Fsp3) is 0.167. The third kappa shape index (κ3) is 4.20. The number of Topliss-reactive ketones (excluding diaryl/α,β-unsaturated/α-hetero) is 1. The average Bonchev–Trinajstić information content (AvgIpc) is 3.05. The normalized spacial score (nSPS) is 10.9. The van der Waals surface area contributed by atoms with E-state index < -0.39 is 11.7 Å². The van der Waals surface area contributed by atoms with E-state index in [2.05, 4.69) is 15.3 Å². The first-order chi connectivity index (χ1) is 15.4. The molecule has 0 fully saturated rings. The lowest BCUT2D eigenvalue weighted by Crippen LogP contribution is -2.24. The first kappa shape index (κ1) is 21.5. The van der Waals surface area contributed by atoms with Gasteiger partial charge in [-0.3, -0.25) is 9.59 Å². The summed E-state index contributed by atoms with van der Waals surface area (Å²) in [5.41, 5.74) is 3.99. The summed E-state index contributed by atoms with van der Waals surface area (Å²) in [6.45, 7) is 4.34. The SMILES string of the molecule is COc1nccc(NC(=O)C(=O)c2c(C)n(Cc3ccc(Cl)cc3)c3ccc(C)cc23)n1. The molecule has 2 aromatic heterocycles. The lowest BCUT2D eigenvalue weighted by Gasteiger charge is -2.09. The molecule has 0 unspecified atom stereocenters. The molecule has 4 aromatic rings. The number of hydrogen-bond donors (Lipinski definition) is 1. The van der Waals surface area contributed by atoms with Gasteiger partial charge in [-0.1, -0.05) is 35.4 Å². The van der Waals surface area contributed by atoms with Gasteiger partial charge in [0.25, 0.3) is 11.7 Å². The third-order valence-electron chi connectivity index (χ3n) is 5.22. The second kappa shape index (κ2) is 8.80. The van der Waals surface area contributed by atoms with E-state index in [0.717, 1.165) is 22.0 Å². The molecule has 162 valence electrons. The van der Waals surface area contributed by atoms with E-state index in [1.165, 1.54) is 19.4 Å². The number of fused-ring (bicyclic) bond motifs is 1. The second-order valence-corrected chi connectivity index (χ2v) is 7.84. The highest BCUT2D eigenvalue weighted by Gasteiger charge is 2.26. The van der Waals surface area contributed by atoms with Crippen LogP contribution in [0.3, 0.4) is 0 Å². The maximum atomic E-state index is 13.2. The number of aryl methyl sites for hydroxylation is 1. The van der Waals surface area contributed by atoms with Crippen molar-refractivity contribution in [1.29, 1.82) is 0 Å². The number of aromatic nitrogens is 3. The molecule has 0 aliphatic carbocycles. The van der Waals surface area contributed by atoms with Crippen LogP contribution in [0.25, 0.3) is 10.9 Å². The number of nitrogens with zero attached hydrogens (tertiary/aromatic N) is 3. The molecule has 1 amide bonds. The summed E-state index contributed by atoms with van der Waals surface area (Å²) < 4.78 is 7.00. The van der Waals surface area contributed by atoms with Crippen LogP contribution in [0.5, 0.6) is 6.01 Å². The summed E-state index contributed by atoms with van der Waals surface area (Å²) in [4.78, 5) is 34.0. The molecule has 32 heavy (non-hydrogen) atoms. The highest BCUT2D eigenvalue weighted by atomic mass is 35.5. The van der Waals surface area contributed by atoms with Crippen molar-refractivity contribution < 1.29 is 14.3 Å². The predicted octanol–water partition coefficient (Wildman–Crippen LogP) is 4.58. The molecular weight excluding hydrogens is 428 g/mol. The first-order valence-electron chi connectivity index (χ1n) is 9.94. The zero-order valence-corrected chi connectivity index (χ0v) is 18.6. The Hall–Kier alpha value is -3.71. The monoisotopic (exact) mass is 448 g/mol. The van der Waals surface area contributed by atoms with E-state index in [9.17, 15) is 9.59 Å². The molecule has 0 radical (unpaired) electrons. The Balaban J connectivity index is 1.73. The zero-order chi connectivity index (χ0) is 22.8. The second-order valence-electron chi connectivity index (χ2n) is 7.41. The van der Waals surface area contributed by atoms with Gasteiger partial charge in [0, 0.05) is 34.4 Å². The topological polar surface area (TPSA) is 86.1 Å². The number of halogens is 1. The summed E-state index contributed by atoms with van der Waals surface area (Å²) in [5.74, 6) is -1.22. The van der Waals surface area contributed by atoms with E-state index in [0.29, 0.717) is 22.8 Å². The lowest BCUT2D eigenvalue weighted by atomic mass is 10.0. The molecule has 0 saturated heterocycles. The fourth-order valence-electron chi connectivity index (χ4n) is 3.65. The molecule has 4 rings (SSSR count). The number of carbonyl (C=O) groups is 2. The van der Waals surface area contributed by atoms with Crippen molar-refractivity contribution in [3.63, 3.8) is 0 Å².